The van der Waals surface area contributed by atoms with E-state index in [1.807, 2.05) is 13.8 Å². The Bertz CT molecular complexity index is 2390. The van der Waals surface area contributed by atoms with Crippen molar-refractivity contribution in [2.24, 2.45) is 11.3 Å². The van der Waals surface area contributed by atoms with E-state index in [1.165, 1.54) is 30.0 Å². The number of anilines is 1. The van der Waals surface area contributed by atoms with Crippen molar-refractivity contribution in [2.75, 3.05) is 53.1 Å². The predicted molar refractivity (Wildman–Crippen MR) is 277 cm³/mol. The molecule has 2 aliphatic heterocycles. The van der Waals surface area contributed by atoms with Gasteiger partial charge in [-0.3, -0.25) is 38.4 Å². The standard InChI is InChI=1S/C52H73Cl2F3N10O8/c1-8-35-47(72)64(5)26-13-10-17-39(44(69)63-38(28-31(2)3)49(74)66(7)41(46(71)61-35)30-32-29-33(53)20-21-34(32)54)65(6)48(73)37(22-25-59-43(68)36-16-14-19-42(58-4)60-36)62-45(70)40-18-15-27-67(40)50(75)51(52(55,56)57)23-11-9-12-24-51/h14,16,19-21,29,31,35,37-41H,8-13,15,17-18,22-28,30H2,1-7H3,(H,58,60)(H,59,68)(H,61,71)(H,62,70)(H,63,69)/t35-,37+,38+,39+,40+,41+/m1/s1. The molecule has 6 atom stereocenters. The lowest BCUT2D eigenvalue weighted by atomic mass is 9.72. The van der Waals surface area contributed by atoms with E-state index in [0.717, 1.165) is 9.80 Å². The Morgan fingerprint density at radius 3 is 2.24 bits per heavy atom. The monoisotopic (exact) mass is 1090 g/mol. The average Bonchev–Trinajstić information content (AvgIpc) is 3.88. The van der Waals surface area contributed by atoms with Gasteiger partial charge in [0.1, 0.15) is 53.2 Å². The van der Waals surface area contributed by atoms with E-state index in [1.54, 1.807) is 51.4 Å². The SMILES string of the molecule is CC[C@H]1NC(=O)[C@H](Cc2cc(Cl)ccc2Cl)N(C)C(=O)[C@H](CC(C)C)NC(=O)[C@@H](N(C)C(=O)[C@H](CCNC(=O)c2cccc(NC)n2)NC(=O)[C@@H]2CCCN2C(=O)C2(C(F)(F)F)CCCCC2)CCCCN(C)C1=O. The van der Waals surface area contributed by atoms with Gasteiger partial charge in [-0.1, -0.05) is 69.3 Å². The Kier molecular flexibility index (Phi) is 21.6. The van der Waals surface area contributed by atoms with Crippen molar-refractivity contribution in [1.82, 2.24) is 45.9 Å². The first-order valence-electron chi connectivity index (χ1n) is 25.9. The van der Waals surface area contributed by atoms with Gasteiger partial charge in [0.05, 0.1) is 0 Å². The van der Waals surface area contributed by atoms with Crippen LogP contribution in [0, 0.1) is 11.3 Å². The number of nitrogens with one attached hydrogen (secondary N) is 5. The second-order valence-electron chi connectivity index (χ2n) is 20.3. The fraction of sp³-hybridized carbons (Fsp3) is 0.635. The summed E-state index contributed by atoms with van der Waals surface area (Å²) < 4.78 is 44.5. The molecule has 2 aromatic rings. The first-order valence-corrected chi connectivity index (χ1v) is 26.6. The minimum absolute atomic E-state index is 0.00761. The van der Waals surface area contributed by atoms with Crippen molar-refractivity contribution in [3.05, 3.63) is 57.7 Å². The summed E-state index contributed by atoms with van der Waals surface area (Å²) in [5.41, 5.74) is -2.16. The molecule has 3 heterocycles. The molecule has 8 amide bonds. The lowest BCUT2D eigenvalue weighted by Crippen LogP contribution is -2.61. The number of hydrogen-bond donors (Lipinski definition) is 5. The maximum Gasteiger partial charge on any atom is 0.403 e. The van der Waals surface area contributed by atoms with Gasteiger partial charge in [-0.15, -0.1) is 0 Å². The molecule has 23 heteroatoms. The Hall–Kier alpha value is -5.70. The summed E-state index contributed by atoms with van der Waals surface area (Å²) in [7, 11) is 5.96. The van der Waals surface area contributed by atoms with Gasteiger partial charge >= 0.3 is 6.18 Å². The third-order valence-electron chi connectivity index (χ3n) is 14.6. The average molecular weight is 1090 g/mol. The van der Waals surface area contributed by atoms with Crippen molar-refractivity contribution in [1.29, 1.82) is 0 Å². The van der Waals surface area contributed by atoms with Crippen LogP contribution in [0.2, 0.25) is 10.0 Å². The van der Waals surface area contributed by atoms with Crippen LogP contribution in [-0.2, 0) is 40.0 Å². The Balaban J connectivity index is 1.49. The van der Waals surface area contributed by atoms with Crippen molar-refractivity contribution in [2.45, 2.75) is 153 Å². The molecule has 414 valence electrons. The summed E-state index contributed by atoms with van der Waals surface area (Å²) in [6.07, 6.45) is -3.90. The number of carbonyl (C=O) groups is 8. The van der Waals surface area contributed by atoms with Gasteiger partial charge in [0.2, 0.25) is 41.4 Å². The minimum atomic E-state index is -4.86. The smallest absolute Gasteiger partial charge is 0.373 e. The highest BCUT2D eigenvalue weighted by Gasteiger charge is 2.62. The Morgan fingerprint density at radius 2 is 1.59 bits per heavy atom. The van der Waals surface area contributed by atoms with Gasteiger partial charge in [0, 0.05) is 64.3 Å². The number of benzene rings is 1. The number of halogens is 5. The van der Waals surface area contributed by atoms with E-state index in [-0.39, 0.29) is 100 Å². The molecule has 1 aliphatic carbocycles. The molecule has 3 fully saturated rings. The molecule has 2 saturated heterocycles. The maximum absolute atomic E-state index is 15.0. The van der Waals surface area contributed by atoms with Gasteiger partial charge < -0.3 is 46.2 Å². The van der Waals surface area contributed by atoms with Crippen molar-refractivity contribution in [3.8, 4) is 0 Å². The van der Waals surface area contributed by atoms with Crippen LogP contribution < -0.4 is 26.6 Å². The van der Waals surface area contributed by atoms with Crippen molar-refractivity contribution < 1.29 is 51.5 Å². The molecule has 3 aliphatic rings. The Morgan fingerprint density at radius 1 is 0.893 bits per heavy atom. The zero-order chi connectivity index (χ0) is 55.4. The van der Waals surface area contributed by atoms with E-state index >= 15 is 0 Å². The predicted octanol–water partition coefficient (Wildman–Crippen LogP) is 5.50. The fourth-order valence-corrected chi connectivity index (χ4v) is 10.6. The first-order chi connectivity index (χ1) is 35.4. The molecule has 75 heavy (non-hydrogen) atoms. The number of nitrogens with zero attached hydrogens (tertiary/aromatic N) is 5. The third-order valence-corrected chi connectivity index (χ3v) is 15.2. The summed E-state index contributed by atoms with van der Waals surface area (Å²) in [4.78, 5) is 123. The zero-order valence-corrected chi connectivity index (χ0v) is 45.4. The molecule has 0 bridgehead atoms. The topological polar surface area (TPSA) is 223 Å². The largest absolute Gasteiger partial charge is 0.403 e. The van der Waals surface area contributed by atoms with Crippen LogP contribution >= 0.6 is 23.2 Å². The molecule has 1 aromatic carbocycles. The number of likely N-dealkylation sites (N-methyl/N-ethyl adjacent to an activating group) is 3. The molecule has 0 radical (unpaired) electrons. The van der Waals surface area contributed by atoms with E-state index in [2.05, 4.69) is 31.6 Å². The molecule has 5 N–H and O–H groups in total. The molecular weight excluding hydrogens is 1020 g/mol. The molecule has 1 saturated carbocycles. The van der Waals surface area contributed by atoms with Crippen LogP contribution in [0.1, 0.15) is 120 Å². The second kappa shape index (κ2) is 26.9. The normalized spacial score (nSPS) is 22.8. The Labute approximate surface area is 447 Å². The fourth-order valence-electron chi connectivity index (χ4n) is 10.2. The summed E-state index contributed by atoms with van der Waals surface area (Å²) in [5.74, 6) is -5.68. The van der Waals surface area contributed by atoms with Crippen LogP contribution in [-0.4, -0.2) is 162 Å². The van der Waals surface area contributed by atoms with Gasteiger partial charge in [0.25, 0.3) is 5.91 Å². The number of pyridine rings is 1. The quantitative estimate of drug-likeness (QED) is 0.151. The number of carbonyl (C=O) groups excluding carboxylic acids is 8. The van der Waals surface area contributed by atoms with Crippen LogP contribution in [0.25, 0.3) is 0 Å². The van der Waals surface area contributed by atoms with E-state index in [9.17, 15) is 51.5 Å². The van der Waals surface area contributed by atoms with Crippen molar-refractivity contribution in [3.63, 3.8) is 0 Å². The van der Waals surface area contributed by atoms with Crippen molar-refractivity contribution >= 4 is 76.3 Å². The number of aromatic nitrogens is 1. The first kappa shape index (κ1) is 60.2. The minimum Gasteiger partial charge on any atom is -0.373 e. The number of likely N-dealkylation sites (tertiary alicyclic amines) is 1. The second-order valence-corrected chi connectivity index (χ2v) is 21.2. The van der Waals surface area contributed by atoms with Gasteiger partial charge in [-0.25, -0.2) is 4.98 Å². The van der Waals surface area contributed by atoms with E-state index in [0.29, 0.717) is 29.2 Å². The number of hydrogen-bond acceptors (Lipinski definition) is 10. The molecule has 1 aromatic heterocycles. The molecule has 0 unspecified atom stereocenters. The zero-order valence-electron chi connectivity index (χ0n) is 43.9. The van der Waals surface area contributed by atoms with Gasteiger partial charge in [-0.2, -0.15) is 13.2 Å². The lowest BCUT2D eigenvalue weighted by molar-refractivity contribution is -0.236. The summed E-state index contributed by atoms with van der Waals surface area (Å²) in [5, 5.41) is 14.6. The molecule has 5 rings (SSSR count). The number of amides is 8. The lowest BCUT2D eigenvalue weighted by Gasteiger charge is -2.41. The maximum atomic E-state index is 15.0. The van der Waals surface area contributed by atoms with E-state index in [4.69, 9.17) is 23.2 Å². The molecule has 18 nitrogen and oxygen atoms in total. The highest BCUT2D eigenvalue weighted by atomic mass is 35.5. The summed E-state index contributed by atoms with van der Waals surface area (Å²) >= 11 is 12.9. The van der Waals surface area contributed by atoms with Crippen LogP contribution in [0.15, 0.2) is 36.4 Å². The summed E-state index contributed by atoms with van der Waals surface area (Å²) in [6.45, 7) is 5.30. The van der Waals surface area contributed by atoms with Gasteiger partial charge in [0.15, 0.2) is 0 Å². The third kappa shape index (κ3) is 15.0. The molecule has 0 spiro atoms. The summed E-state index contributed by atoms with van der Waals surface area (Å²) in [6, 6.07) is 1.85. The van der Waals surface area contributed by atoms with E-state index < -0.39 is 108 Å². The van der Waals surface area contributed by atoms with Crippen LogP contribution in [0.4, 0.5) is 19.0 Å². The van der Waals surface area contributed by atoms with Crippen LogP contribution in [0.3, 0.4) is 0 Å². The number of alkyl halides is 3. The van der Waals surface area contributed by atoms with Crippen LogP contribution in [0.5, 0.6) is 0 Å². The molecular formula is C52H73Cl2F3N10O8. The highest BCUT2D eigenvalue weighted by Crippen LogP contribution is 2.51. The number of rotatable bonds is 15. The van der Waals surface area contributed by atoms with Gasteiger partial charge in [-0.05, 0) is 106 Å². The highest BCUT2D eigenvalue weighted by molar-refractivity contribution is 6.33.